The van der Waals surface area contributed by atoms with Crippen molar-refractivity contribution >= 4 is 16.9 Å². The highest BCUT2D eigenvalue weighted by Crippen LogP contribution is 2.43. The number of rotatable bonds is 3. The molecule has 1 aromatic carbocycles. The van der Waals surface area contributed by atoms with Gasteiger partial charge in [-0.25, -0.2) is 0 Å². The average Bonchev–Trinajstić information content (AvgIpc) is 3.38. The van der Waals surface area contributed by atoms with E-state index in [4.69, 9.17) is 4.74 Å². The van der Waals surface area contributed by atoms with E-state index in [1.54, 1.807) is 12.1 Å². The van der Waals surface area contributed by atoms with Crippen molar-refractivity contribution < 1.29 is 14.6 Å². The Bertz CT molecular complexity index is 1110. The molecule has 0 bridgehead atoms. The molecule has 0 saturated carbocycles. The van der Waals surface area contributed by atoms with Crippen LogP contribution in [0.25, 0.3) is 22.3 Å². The molecule has 0 unspecified atom stereocenters. The van der Waals surface area contributed by atoms with Crippen LogP contribution in [0.1, 0.15) is 30.9 Å². The molecule has 154 valence electrons. The normalized spacial score (nSPS) is 20.7. The minimum Gasteiger partial charge on any atom is -0.507 e. The number of hydrogen-bond acceptors (Lipinski definition) is 5. The number of fused-ring (bicyclic) bond motifs is 1. The van der Waals surface area contributed by atoms with Gasteiger partial charge in [-0.05, 0) is 49.6 Å². The third kappa shape index (κ3) is 3.25. The molecule has 1 spiro atoms. The molecule has 0 radical (unpaired) electrons. The van der Waals surface area contributed by atoms with Crippen LogP contribution in [-0.4, -0.2) is 56.4 Å². The van der Waals surface area contributed by atoms with Gasteiger partial charge < -0.3 is 19.7 Å². The third-order valence-corrected chi connectivity index (χ3v) is 6.39. The molecule has 30 heavy (non-hydrogen) atoms. The minimum absolute atomic E-state index is 0.00570. The molecule has 5 rings (SSSR count). The lowest BCUT2D eigenvalue weighted by molar-refractivity contribution is -0.130. The first-order valence-electron chi connectivity index (χ1n) is 10.3. The lowest BCUT2D eigenvalue weighted by Crippen LogP contribution is -2.45. The molecule has 7 heteroatoms. The Hall–Kier alpha value is -3.19. The summed E-state index contributed by atoms with van der Waals surface area (Å²) in [6, 6.07) is 11.2. The number of likely N-dealkylation sites (tertiary alicyclic amines) is 1. The van der Waals surface area contributed by atoms with Crippen LogP contribution in [0.3, 0.4) is 0 Å². The summed E-state index contributed by atoms with van der Waals surface area (Å²) in [4.78, 5) is 17.1. The molecule has 1 amide bonds. The van der Waals surface area contributed by atoms with Gasteiger partial charge in [0, 0.05) is 35.7 Å². The number of para-hydroxylation sites is 1. The first-order valence-corrected chi connectivity index (χ1v) is 10.3. The number of aromatic amines is 1. The van der Waals surface area contributed by atoms with E-state index >= 15 is 0 Å². The fourth-order valence-corrected chi connectivity index (χ4v) is 4.65. The van der Waals surface area contributed by atoms with Crippen LogP contribution >= 0.6 is 0 Å². The number of phenols is 1. The highest BCUT2D eigenvalue weighted by atomic mass is 16.5. The highest BCUT2D eigenvalue weighted by molar-refractivity contribution is 5.87. The summed E-state index contributed by atoms with van der Waals surface area (Å²) < 4.78 is 6.26. The molecule has 2 aromatic heterocycles. The van der Waals surface area contributed by atoms with E-state index < -0.39 is 0 Å². The topological polar surface area (TPSA) is 91.3 Å². The zero-order chi connectivity index (χ0) is 20.7. The first-order chi connectivity index (χ1) is 14.6. The molecule has 3 aromatic rings. The van der Waals surface area contributed by atoms with Crippen molar-refractivity contribution in [2.24, 2.45) is 0 Å². The van der Waals surface area contributed by atoms with E-state index in [9.17, 15) is 9.90 Å². The summed E-state index contributed by atoms with van der Waals surface area (Å²) in [5.74, 6) is 0.442. The number of aromatic hydroxyl groups is 1. The monoisotopic (exact) mass is 404 g/mol. The number of aromatic nitrogens is 3. The smallest absolute Gasteiger partial charge is 0.245 e. The second kappa shape index (κ2) is 7.25. The Labute approximate surface area is 174 Å². The van der Waals surface area contributed by atoms with Gasteiger partial charge in [0.15, 0.2) is 5.65 Å². The van der Waals surface area contributed by atoms with Gasteiger partial charge in [-0.1, -0.05) is 18.7 Å². The molecular formula is C23H24N4O3. The molecule has 2 aliphatic heterocycles. The predicted octanol–water partition coefficient (Wildman–Crippen LogP) is 3.38. The van der Waals surface area contributed by atoms with Crippen molar-refractivity contribution in [1.29, 1.82) is 0 Å². The van der Waals surface area contributed by atoms with Crippen molar-refractivity contribution in [2.45, 2.75) is 30.8 Å². The number of benzene rings is 1. The van der Waals surface area contributed by atoms with E-state index in [1.807, 2.05) is 23.1 Å². The highest BCUT2D eigenvalue weighted by Gasteiger charge is 2.44. The van der Waals surface area contributed by atoms with E-state index in [2.05, 4.69) is 27.8 Å². The Morgan fingerprint density at radius 1 is 1.27 bits per heavy atom. The second-order valence-corrected chi connectivity index (χ2v) is 8.20. The maximum absolute atomic E-state index is 11.8. The molecule has 0 aliphatic carbocycles. The van der Waals surface area contributed by atoms with Gasteiger partial charge in [0.25, 0.3) is 0 Å². The van der Waals surface area contributed by atoms with Gasteiger partial charge in [0.1, 0.15) is 5.75 Å². The average molecular weight is 404 g/mol. The zero-order valence-electron chi connectivity index (χ0n) is 16.7. The summed E-state index contributed by atoms with van der Waals surface area (Å²) in [5.41, 5.74) is 2.97. The summed E-state index contributed by atoms with van der Waals surface area (Å²) >= 11 is 0. The Balaban J connectivity index is 1.34. The van der Waals surface area contributed by atoms with Crippen molar-refractivity contribution in [3.05, 3.63) is 54.7 Å². The van der Waals surface area contributed by atoms with Gasteiger partial charge in [0.2, 0.25) is 5.91 Å². The maximum Gasteiger partial charge on any atom is 0.245 e. The number of nitrogens with zero attached hydrogens (tertiary/aromatic N) is 3. The van der Waals surface area contributed by atoms with Gasteiger partial charge in [0.05, 0.1) is 17.9 Å². The van der Waals surface area contributed by atoms with E-state index in [1.165, 1.54) is 6.08 Å². The molecule has 4 heterocycles. The predicted molar refractivity (Wildman–Crippen MR) is 113 cm³/mol. The van der Waals surface area contributed by atoms with Gasteiger partial charge in [-0.15, -0.1) is 10.2 Å². The summed E-state index contributed by atoms with van der Waals surface area (Å²) in [7, 11) is 0. The number of phenolic OH excluding ortho intramolecular Hbond substituents is 1. The molecule has 1 atom stereocenters. The number of piperidine rings is 1. The second-order valence-electron chi connectivity index (χ2n) is 8.20. The summed E-state index contributed by atoms with van der Waals surface area (Å²) in [6.07, 6.45) is 4.00. The Morgan fingerprint density at radius 2 is 2.07 bits per heavy atom. The lowest BCUT2D eigenvalue weighted by Gasteiger charge is -2.38. The maximum atomic E-state index is 11.8. The van der Waals surface area contributed by atoms with Crippen LogP contribution in [0.5, 0.6) is 5.75 Å². The molecular weight excluding hydrogens is 380 g/mol. The number of H-pyrrole nitrogens is 1. The third-order valence-electron chi connectivity index (χ3n) is 6.39. The number of carbonyl (C=O) groups excluding carboxylic acids is 1. The number of amides is 1. The number of carbonyl (C=O) groups is 1. The largest absolute Gasteiger partial charge is 0.507 e. The fourth-order valence-electron chi connectivity index (χ4n) is 4.65. The van der Waals surface area contributed by atoms with Crippen LogP contribution < -0.4 is 0 Å². The van der Waals surface area contributed by atoms with Crippen molar-refractivity contribution in [3.8, 4) is 17.0 Å². The van der Waals surface area contributed by atoms with Crippen molar-refractivity contribution in [2.75, 3.05) is 19.7 Å². The van der Waals surface area contributed by atoms with Crippen molar-refractivity contribution in [3.63, 3.8) is 0 Å². The van der Waals surface area contributed by atoms with Crippen LogP contribution in [0.15, 0.2) is 49.1 Å². The Morgan fingerprint density at radius 3 is 2.83 bits per heavy atom. The number of ether oxygens (including phenoxy) is 1. The fraction of sp³-hybridized carbons (Fsp3) is 0.348. The quantitative estimate of drug-likeness (QED) is 0.653. The lowest BCUT2D eigenvalue weighted by atomic mass is 9.84. The Kier molecular flexibility index (Phi) is 4.55. The zero-order valence-corrected chi connectivity index (χ0v) is 16.7. The molecule has 2 saturated heterocycles. The number of hydrogen-bond donors (Lipinski definition) is 2. The molecule has 7 nitrogen and oxygen atoms in total. The van der Waals surface area contributed by atoms with Crippen LogP contribution in [0.4, 0.5) is 0 Å². The van der Waals surface area contributed by atoms with Gasteiger partial charge in [-0.3, -0.25) is 4.79 Å². The van der Waals surface area contributed by atoms with Gasteiger partial charge >= 0.3 is 0 Å². The SMILES string of the molecule is C=CC(=O)N1CCC2(CC1)C[C@H](c1cc3cc(-c4ccccc4O)nnc3[nH]1)CO2. The summed E-state index contributed by atoms with van der Waals surface area (Å²) in [6.45, 7) is 5.65. The molecule has 2 fully saturated rings. The molecule has 2 N–H and O–H groups in total. The standard InChI is InChI=1S/C23H24N4O3/c1-2-21(29)27-9-7-23(8-10-27)13-16(14-30-23)18-11-15-12-19(25-26-22(15)24-18)17-5-3-4-6-20(17)28/h2-6,11-12,16,28H,1,7-10,13-14H2,(H,24,26)/t16-/m0/s1. The minimum atomic E-state index is -0.160. The first kappa shape index (κ1) is 18.8. The van der Waals surface area contributed by atoms with Crippen LogP contribution in [-0.2, 0) is 9.53 Å². The van der Waals surface area contributed by atoms with Crippen LogP contribution in [0.2, 0.25) is 0 Å². The number of nitrogens with one attached hydrogen (secondary N) is 1. The summed E-state index contributed by atoms with van der Waals surface area (Å²) in [5, 5.41) is 19.7. The van der Waals surface area contributed by atoms with E-state index in [0.717, 1.165) is 36.0 Å². The van der Waals surface area contributed by atoms with Crippen molar-refractivity contribution in [1.82, 2.24) is 20.1 Å². The van der Waals surface area contributed by atoms with E-state index in [0.29, 0.717) is 31.0 Å². The van der Waals surface area contributed by atoms with Gasteiger partial charge in [-0.2, -0.15) is 0 Å². The van der Waals surface area contributed by atoms with E-state index in [-0.39, 0.29) is 23.2 Å². The molecule has 2 aliphatic rings. The van der Waals surface area contributed by atoms with Crippen LogP contribution in [0, 0.1) is 0 Å².